The van der Waals surface area contributed by atoms with Crippen LogP contribution in [0.5, 0.6) is 0 Å². The molecule has 0 heterocycles. The second-order valence-electron chi connectivity index (χ2n) is 8.27. The van der Waals surface area contributed by atoms with Crippen molar-refractivity contribution in [2.24, 2.45) is 0 Å². The van der Waals surface area contributed by atoms with Crippen LogP contribution in [0.1, 0.15) is 97.8 Å². The number of hydrogen-bond acceptors (Lipinski definition) is 2. The molecular formula is C23H46IO2P. The van der Waals surface area contributed by atoms with Crippen molar-refractivity contribution in [2.75, 3.05) is 31.3 Å². The van der Waals surface area contributed by atoms with E-state index < -0.39 is 4.25 Å². The van der Waals surface area contributed by atoms with Crippen molar-refractivity contribution < 1.29 is 9.53 Å². The van der Waals surface area contributed by atoms with Crippen molar-refractivity contribution in [1.29, 1.82) is 0 Å². The van der Waals surface area contributed by atoms with E-state index >= 15 is 0 Å². The molecule has 0 aromatic carbocycles. The van der Waals surface area contributed by atoms with Gasteiger partial charge in [-0.15, -0.1) is 0 Å². The van der Waals surface area contributed by atoms with Gasteiger partial charge in [-0.2, -0.15) is 0 Å². The van der Waals surface area contributed by atoms with Gasteiger partial charge < -0.3 is 0 Å². The number of rotatable bonds is 19. The fourth-order valence-electron chi connectivity index (χ4n) is 3.91. The third-order valence-electron chi connectivity index (χ3n) is 5.77. The number of esters is 1. The number of unbranched alkanes of at least 4 members (excludes halogenated alkanes) is 9. The molecule has 2 nitrogen and oxygen atoms in total. The van der Waals surface area contributed by atoms with Gasteiger partial charge in [-0.3, -0.25) is 0 Å². The number of ether oxygens (including phenoxy) is 1. The predicted octanol–water partition coefficient (Wildman–Crippen LogP) is 8.36. The molecule has 0 rings (SSSR count). The van der Waals surface area contributed by atoms with Gasteiger partial charge in [0.1, 0.15) is 0 Å². The zero-order valence-electron chi connectivity index (χ0n) is 18.4. The summed E-state index contributed by atoms with van der Waals surface area (Å²) >= 11 is 2.94. The standard InChI is InChI=1S/C23H46IO2P/c1-5-9-12-15-19-27(24,20-16-13-10-6-2,21-17-14-11-7-3)22-18-26-23(25)8-4/h8H,4-7,9-22H2,1-3H3. The Kier molecular flexibility index (Phi) is 16.4. The van der Waals surface area contributed by atoms with Crippen molar-refractivity contribution in [1.82, 2.24) is 0 Å². The van der Waals surface area contributed by atoms with Crippen molar-refractivity contribution >= 4 is 32.3 Å². The first-order valence-electron chi connectivity index (χ1n) is 11.4. The summed E-state index contributed by atoms with van der Waals surface area (Å²) in [6, 6.07) is 0. The van der Waals surface area contributed by atoms with Crippen LogP contribution in [0.15, 0.2) is 12.7 Å². The average molecular weight is 512 g/mol. The summed E-state index contributed by atoms with van der Waals surface area (Å²) in [4.78, 5) is 11.6. The van der Waals surface area contributed by atoms with Crippen LogP contribution in [0.25, 0.3) is 0 Å². The molecule has 0 N–H and O–H groups in total. The van der Waals surface area contributed by atoms with Crippen LogP contribution < -0.4 is 0 Å². The Labute approximate surface area is 183 Å². The third-order valence-corrected chi connectivity index (χ3v) is 17.2. The molecule has 0 aliphatic rings. The quantitative estimate of drug-likeness (QED) is 0.0572. The van der Waals surface area contributed by atoms with Gasteiger partial charge in [0, 0.05) is 0 Å². The van der Waals surface area contributed by atoms with E-state index in [4.69, 9.17) is 4.74 Å². The summed E-state index contributed by atoms with van der Waals surface area (Å²) in [5.41, 5.74) is 0. The van der Waals surface area contributed by atoms with Gasteiger partial charge in [0.05, 0.1) is 0 Å². The molecule has 0 atom stereocenters. The normalized spacial score (nSPS) is 13.1. The number of halogens is 1. The third kappa shape index (κ3) is 13.3. The van der Waals surface area contributed by atoms with Crippen molar-refractivity contribution in [3.05, 3.63) is 12.7 Å². The van der Waals surface area contributed by atoms with Crippen molar-refractivity contribution in [3.63, 3.8) is 0 Å². The molecule has 0 aromatic rings. The molecule has 27 heavy (non-hydrogen) atoms. The minimum absolute atomic E-state index is 0.264. The van der Waals surface area contributed by atoms with Gasteiger partial charge in [0.25, 0.3) is 0 Å². The summed E-state index contributed by atoms with van der Waals surface area (Å²) in [5.74, 6) is -0.264. The molecule has 0 fully saturated rings. The van der Waals surface area contributed by atoms with E-state index in [1.165, 1.54) is 102 Å². The van der Waals surface area contributed by atoms with E-state index in [0.29, 0.717) is 6.61 Å². The van der Waals surface area contributed by atoms with Gasteiger partial charge in [0.15, 0.2) is 0 Å². The fraction of sp³-hybridized carbons (Fsp3) is 0.870. The molecule has 162 valence electrons. The summed E-state index contributed by atoms with van der Waals surface area (Å²) in [6.45, 7) is 11.0. The van der Waals surface area contributed by atoms with E-state index in [1.807, 2.05) is 0 Å². The number of hydrogen-bond donors (Lipinski definition) is 0. The van der Waals surface area contributed by atoms with E-state index in [-0.39, 0.29) is 5.97 Å². The van der Waals surface area contributed by atoms with Crippen LogP contribution in [-0.4, -0.2) is 37.2 Å². The molecule has 0 radical (unpaired) electrons. The molecule has 0 aliphatic heterocycles. The Hall–Kier alpha value is 0.370. The van der Waals surface area contributed by atoms with Crippen LogP contribution in [0.2, 0.25) is 0 Å². The van der Waals surface area contributed by atoms with Gasteiger partial charge in [0.2, 0.25) is 0 Å². The van der Waals surface area contributed by atoms with Crippen LogP contribution in [-0.2, 0) is 9.53 Å². The molecule has 0 saturated heterocycles. The maximum atomic E-state index is 11.6. The van der Waals surface area contributed by atoms with E-state index in [0.717, 1.165) is 6.16 Å². The Morgan fingerprint density at radius 2 is 1.19 bits per heavy atom. The summed E-state index contributed by atoms with van der Waals surface area (Å²) in [7, 11) is 0. The molecule has 0 unspecified atom stereocenters. The van der Waals surface area contributed by atoms with Gasteiger partial charge >= 0.3 is 184 Å². The van der Waals surface area contributed by atoms with Gasteiger partial charge in [-0.25, -0.2) is 0 Å². The average Bonchev–Trinajstić information content (AvgIpc) is 2.66. The summed E-state index contributed by atoms with van der Waals surface area (Å²) in [6.07, 6.45) is 22.6. The molecule has 4 heteroatoms. The maximum absolute atomic E-state index is 11.6. The van der Waals surface area contributed by atoms with Crippen LogP contribution in [0.3, 0.4) is 0 Å². The van der Waals surface area contributed by atoms with Crippen molar-refractivity contribution in [3.8, 4) is 0 Å². The summed E-state index contributed by atoms with van der Waals surface area (Å²) < 4.78 is 3.61. The molecule has 0 saturated carbocycles. The molecule has 0 aromatic heterocycles. The fourth-order valence-corrected chi connectivity index (χ4v) is 12.5. The Bertz CT molecular complexity index is 364. The Morgan fingerprint density at radius 1 is 0.778 bits per heavy atom. The summed E-state index contributed by atoms with van der Waals surface area (Å²) in [5, 5.41) is 0. The van der Waals surface area contributed by atoms with E-state index in [1.54, 1.807) is 0 Å². The van der Waals surface area contributed by atoms with Gasteiger partial charge in [-0.1, -0.05) is 0 Å². The first-order chi connectivity index (χ1) is 12.9. The van der Waals surface area contributed by atoms with Crippen LogP contribution >= 0.6 is 26.3 Å². The predicted molar refractivity (Wildman–Crippen MR) is 134 cm³/mol. The van der Waals surface area contributed by atoms with E-state index in [2.05, 4.69) is 49.4 Å². The first kappa shape index (κ1) is 27.4. The van der Waals surface area contributed by atoms with Gasteiger partial charge in [-0.05, 0) is 0 Å². The first-order valence-corrected chi connectivity index (χ1v) is 17.2. The molecule has 0 spiro atoms. The molecule has 0 bridgehead atoms. The number of carbonyl (C=O) groups is 1. The Balaban J connectivity index is 5.10. The monoisotopic (exact) mass is 512 g/mol. The minimum atomic E-state index is -1.86. The molecule has 0 amide bonds. The van der Waals surface area contributed by atoms with Crippen molar-refractivity contribution in [2.45, 2.75) is 97.8 Å². The van der Waals surface area contributed by atoms with Crippen LogP contribution in [0.4, 0.5) is 0 Å². The second kappa shape index (κ2) is 16.2. The molecular weight excluding hydrogens is 466 g/mol. The topological polar surface area (TPSA) is 26.3 Å². The van der Waals surface area contributed by atoms with E-state index in [9.17, 15) is 4.79 Å². The SMILES string of the molecule is C=CC(=O)OCCP(I)(CCCCCC)(CCCCCC)CCCCCC. The molecule has 0 aliphatic carbocycles. The zero-order chi connectivity index (χ0) is 20.5. The van der Waals surface area contributed by atoms with Crippen LogP contribution in [0, 0.1) is 0 Å². The second-order valence-corrected chi connectivity index (χ2v) is 21.9. The zero-order valence-corrected chi connectivity index (χ0v) is 21.5. The Morgan fingerprint density at radius 3 is 1.52 bits per heavy atom. The number of carbonyl (C=O) groups excluding carboxylic acids is 1.